The summed E-state index contributed by atoms with van der Waals surface area (Å²) < 4.78 is 0. The van der Waals surface area contributed by atoms with Crippen LogP contribution in [0, 0.1) is 17.3 Å². The lowest BCUT2D eigenvalue weighted by Gasteiger charge is -2.38. The molecule has 0 unspecified atom stereocenters. The van der Waals surface area contributed by atoms with Gasteiger partial charge in [0.25, 0.3) is 0 Å². The third-order valence-corrected chi connectivity index (χ3v) is 4.84. The highest BCUT2D eigenvalue weighted by Gasteiger charge is 2.40. The van der Waals surface area contributed by atoms with Crippen LogP contribution >= 0.6 is 0 Å². The van der Waals surface area contributed by atoms with Crippen LogP contribution in [0.15, 0.2) is 0 Å². The molecule has 1 saturated carbocycles. The molecule has 21 heavy (non-hydrogen) atoms. The molecule has 0 heterocycles. The van der Waals surface area contributed by atoms with E-state index in [1.807, 2.05) is 0 Å². The van der Waals surface area contributed by atoms with Crippen molar-refractivity contribution in [3.05, 3.63) is 0 Å². The third kappa shape index (κ3) is 6.37. The van der Waals surface area contributed by atoms with Crippen LogP contribution in [0.3, 0.4) is 0 Å². The van der Waals surface area contributed by atoms with Crippen molar-refractivity contribution in [1.82, 2.24) is 4.90 Å². The van der Waals surface area contributed by atoms with Crippen molar-refractivity contribution >= 4 is 5.97 Å². The van der Waals surface area contributed by atoms with Crippen molar-refractivity contribution in [3.8, 4) is 0 Å². The fourth-order valence-electron chi connectivity index (χ4n) is 3.25. The first kappa shape index (κ1) is 18.5. The molecule has 0 aromatic rings. The molecule has 0 amide bonds. The fraction of sp³-hybridized carbons (Fsp3) is 0.944. The van der Waals surface area contributed by atoms with Crippen molar-refractivity contribution in [2.75, 3.05) is 19.6 Å². The van der Waals surface area contributed by atoms with E-state index in [0.29, 0.717) is 11.8 Å². The van der Waals surface area contributed by atoms with Gasteiger partial charge < -0.3 is 10.0 Å². The summed E-state index contributed by atoms with van der Waals surface area (Å²) in [5.74, 6) is 0.790. The summed E-state index contributed by atoms with van der Waals surface area (Å²) in [6.07, 6.45) is 7.40. The minimum absolute atomic E-state index is 0.480. The predicted octanol–water partition coefficient (Wildman–Crippen LogP) is 4.42. The van der Waals surface area contributed by atoms with Crippen LogP contribution in [0.2, 0.25) is 0 Å². The highest BCUT2D eigenvalue weighted by Crippen LogP contribution is 2.37. The van der Waals surface area contributed by atoms with Crippen molar-refractivity contribution < 1.29 is 9.90 Å². The van der Waals surface area contributed by atoms with Gasteiger partial charge in [-0.1, -0.05) is 47.0 Å². The number of carboxylic acid groups (broad SMARTS) is 1. The van der Waals surface area contributed by atoms with Gasteiger partial charge in [-0.15, -0.1) is 0 Å². The molecule has 0 aromatic carbocycles. The minimum atomic E-state index is -0.568. The van der Waals surface area contributed by atoms with Gasteiger partial charge in [0.15, 0.2) is 0 Å². The molecule has 1 aliphatic carbocycles. The molecular formula is C18H35NO2. The quantitative estimate of drug-likeness (QED) is 0.685. The smallest absolute Gasteiger partial charge is 0.310 e. The number of aliphatic carboxylic acids is 1. The Morgan fingerprint density at radius 3 is 1.86 bits per heavy atom. The average molecular weight is 297 g/mol. The van der Waals surface area contributed by atoms with Crippen molar-refractivity contribution in [1.29, 1.82) is 0 Å². The maximum atomic E-state index is 11.9. The Balaban J connectivity index is 2.68. The normalized spacial score (nSPS) is 18.6. The lowest BCUT2D eigenvalue weighted by molar-refractivity contribution is -0.152. The van der Waals surface area contributed by atoms with Gasteiger partial charge >= 0.3 is 5.97 Å². The number of carbonyl (C=O) groups is 1. The van der Waals surface area contributed by atoms with Crippen LogP contribution in [0.5, 0.6) is 0 Å². The van der Waals surface area contributed by atoms with Crippen molar-refractivity contribution in [2.24, 2.45) is 17.3 Å². The van der Waals surface area contributed by atoms with Gasteiger partial charge in [0.1, 0.15) is 0 Å². The lowest BCUT2D eigenvalue weighted by Crippen LogP contribution is -2.45. The maximum absolute atomic E-state index is 11.9. The first-order chi connectivity index (χ1) is 9.85. The summed E-state index contributed by atoms with van der Waals surface area (Å²) >= 11 is 0. The number of hydrogen-bond donors (Lipinski definition) is 1. The van der Waals surface area contributed by atoms with Crippen LogP contribution in [0.1, 0.15) is 72.6 Å². The van der Waals surface area contributed by atoms with E-state index in [-0.39, 0.29) is 0 Å². The molecule has 0 saturated heterocycles. The number of hydrogen-bond acceptors (Lipinski definition) is 2. The maximum Gasteiger partial charge on any atom is 0.310 e. The van der Waals surface area contributed by atoms with E-state index in [1.165, 1.54) is 6.42 Å². The molecular weight excluding hydrogens is 262 g/mol. The largest absolute Gasteiger partial charge is 0.481 e. The van der Waals surface area contributed by atoms with Crippen LogP contribution in [0.4, 0.5) is 0 Å². The summed E-state index contributed by atoms with van der Waals surface area (Å²) in [7, 11) is 0. The Hall–Kier alpha value is -0.570. The summed E-state index contributed by atoms with van der Waals surface area (Å²) in [5, 5.41) is 9.77. The Kier molecular flexibility index (Phi) is 7.72. The minimum Gasteiger partial charge on any atom is -0.481 e. The zero-order chi connectivity index (χ0) is 15.9. The molecule has 3 heteroatoms. The molecule has 0 atom stereocenters. The second-order valence-corrected chi connectivity index (χ2v) is 7.79. The van der Waals surface area contributed by atoms with E-state index >= 15 is 0 Å². The van der Waals surface area contributed by atoms with E-state index in [9.17, 15) is 9.90 Å². The molecule has 3 nitrogen and oxygen atoms in total. The van der Waals surface area contributed by atoms with Crippen molar-refractivity contribution in [2.45, 2.75) is 72.6 Å². The van der Waals surface area contributed by atoms with Crippen LogP contribution < -0.4 is 0 Å². The molecule has 1 fully saturated rings. The second kappa shape index (κ2) is 8.77. The first-order valence-electron chi connectivity index (χ1n) is 8.81. The molecule has 0 aromatic heterocycles. The van der Waals surface area contributed by atoms with E-state index in [4.69, 9.17) is 0 Å². The fourth-order valence-corrected chi connectivity index (χ4v) is 3.25. The average Bonchev–Trinajstić information content (AvgIpc) is 2.42. The van der Waals surface area contributed by atoms with Gasteiger partial charge in [-0.05, 0) is 50.6 Å². The van der Waals surface area contributed by atoms with Gasteiger partial charge in [0.2, 0.25) is 0 Å². The summed E-state index contributed by atoms with van der Waals surface area (Å²) in [6, 6.07) is 0. The molecule has 1 aliphatic rings. The Morgan fingerprint density at radius 2 is 1.48 bits per heavy atom. The molecule has 0 radical (unpaired) electrons. The first-order valence-corrected chi connectivity index (χ1v) is 8.81. The van der Waals surface area contributed by atoms with E-state index in [2.05, 4.69) is 32.6 Å². The van der Waals surface area contributed by atoms with E-state index < -0.39 is 11.4 Å². The zero-order valence-corrected chi connectivity index (χ0v) is 14.5. The van der Waals surface area contributed by atoms with Crippen LogP contribution in [-0.4, -0.2) is 35.6 Å². The standard InChI is InChI=1S/C18H35NO2/c1-15(2)8-12-19(13-9-16(3)4)14-18(17(20)21)10-6-5-7-11-18/h15-16H,5-14H2,1-4H3,(H,20,21). The summed E-state index contributed by atoms with van der Waals surface area (Å²) in [4.78, 5) is 14.3. The predicted molar refractivity (Wildman–Crippen MR) is 88.5 cm³/mol. The third-order valence-electron chi connectivity index (χ3n) is 4.84. The molecule has 0 aliphatic heterocycles. The van der Waals surface area contributed by atoms with Crippen molar-refractivity contribution in [3.63, 3.8) is 0 Å². The molecule has 1 N–H and O–H groups in total. The van der Waals surface area contributed by atoms with E-state index in [0.717, 1.165) is 58.2 Å². The highest BCUT2D eigenvalue weighted by molar-refractivity contribution is 5.75. The number of carboxylic acids is 1. The topological polar surface area (TPSA) is 40.5 Å². The molecule has 124 valence electrons. The molecule has 1 rings (SSSR count). The van der Waals surface area contributed by atoms with Gasteiger partial charge in [-0.25, -0.2) is 0 Å². The highest BCUT2D eigenvalue weighted by atomic mass is 16.4. The lowest BCUT2D eigenvalue weighted by atomic mass is 9.73. The number of rotatable bonds is 9. The Morgan fingerprint density at radius 1 is 1.00 bits per heavy atom. The Labute approximate surface area is 131 Å². The van der Waals surface area contributed by atoms with Gasteiger partial charge in [-0.3, -0.25) is 4.79 Å². The summed E-state index contributed by atoms with van der Waals surface area (Å²) in [5.41, 5.74) is -0.480. The SMILES string of the molecule is CC(C)CCN(CCC(C)C)CC1(C(=O)O)CCCCC1. The molecule has 0 bridgehead atoms. The number of nitrogens with zero attached hydrogens (tertiary/aromatic N) is 1. The molecule has 0 spiro atoms. The second-order valence-electron chi connectivity index (χ2n) is 7.79. The zero-order valence-electron chi connectivity index (χ0n) is 14.5. The van der Waals surface area contributed by atoms with Gasteiger partial charge in [0, 0.05) is 6.54 Å². The monoisotopic (exact) mass is 297 g/mol. The van der Waals surface area contributed by atoms with Gasteiger partial charge in [0.05, 0.1) is 5.41 Å². The summed E-state index contributed by atoms with van der Waals surface area (Å²) in [6.45, 7) is 11.8. The van der Waals surface area contributed by atoms with E-state index in [1.54, 1.807) is 0 Å². The van der Waals surface area contributed by atoms with Gasteiger partial charge in [-0.2, -0.15) is 0 Å². The van der Waals surface area contributed by atoms with Crippen LogP contribution in [0.25, 0.3) is 0 Å². The van der Waals surface area contributed by atoms with Crippen LogP contribution in [-0.2, 0) is 4.79 Å². The Bertz CT molecular complexity index is 294.